The molecule has 0 bridgehead atoms. The minimum Gasteiger partial charge on any atom is -0.460 e. The highest BCUT2D eigenvalue weighted by Crippen LogP contribution is 2.34. The maximum Gasteiger partial charge on any atom is 0.375 e. The molecule has 8 atom stereocenters. The first kappa shape index (κ1) is 97.1. The van der Waals surface area contributed by atoms with Crippen LogP contribution >= 0.6 is 11.6 Å². The lowest BCUT2D eigenvalue weighted by molar-refractivity contribution is -0.301. The summed E-state index contributed by atoms with van der Waals surface area (Å²) in [5.74, 6) is -5.31. The van der Waals surface area contributed by atoms with E-state index in [0.717, 1.165) is 23.1 Å². The van der Waals surface area contributed by atoms with Crippen molar-refractivity contribution < 1.29 is 99.6 Å². The van der Waals surface area contributed by atoms with Gasteiger partial charge in [0.2, 0.25) is 5.78 Å². The van der Waals surface area contributed by atoms with Crippen LogP contribution in [0.1, 0.15) is 230 Å². The molecule has 0 aromatic heterocycles. The van der Waals surface area contributed by atoms with Crippen molar-refractivity contribution in [2.75, 3.05) is 19.6 Å². The second-order valence-electron chi connectivity index (χ2n) is 32.8. The summed E-state index contributed by atoms with van der Waals surface area (Å²) < 4.78 is 79.9. The van der Waals surface area contributed by atoms with Crippen LogP contribution in [-0.2, 0) is 110 Å². The van der Waals surface area contributed by atoms with Gasteiger partial charge >= 0.3 is 35.8 Å². The number of ketones is 1. The summed E-state index contributed by atoms with van der Waals surface area (Å²) in [6.07, 6.45) is 3.78. The number of hydrogen-bond donors (Lipinski definition) is 3. The van der Waals surface area contributed by atoms with Crippen molar-refractivity contribution in [2.45, 2.75) is 306 Å². The van der Waals surface area contributed by atoms with Gasteiger partial charge in [0.15, 0.2) is 17.4 Å². The Kier molecular flexibility index (Phi) is 41.3. The van der Waals surface area contributed by atoms with E-state index in [0.29, 0.717) is 57.3 Å². The SMILES string of the molecule is CC(C)(C)OC(=O)C[C@H]1C[C@@H](CCN)OC(C)(C)O1.CC(C)C(=O)C(=O)OCc1ccccc1.CC(C)C(NCC[C@@H]1C[C@H](CC(=O)OC(C)(C)C)OC(C)(C)O1)C(=O)OCc1ccccc1.CC(C)C(NCC[C@@H]1C[C@H](CC(=O)OC(C)(C)C)OC(C)(C)O1)C(=O)OCc1ccccc1.O=C(Cl)c1ccc(F)cc1. The lowest BCUT2D eigenvalue weighted by atomic mass is 10.0. The Morgan fingerprint density at radius 3 is 1.02 bits per heavy atom. The number of esters is 6. The number of carbonyl (C=O) groups excluding carboxylic acids is 8. The molecule has 0 amide bonds. The fourth-order valence-electron chi connectivity index (χ4n) is 11.7. The molecule has 0 aliphatic carbocycles. The van der Waals surface area contributed by atoms with Gasteiger partial charge in [-0.15, -0.1) is 0 Å². The smallest absolute Gasteiger partial charge is 0.375 e. The van der Waals surface area contributed by atoms with Crippen molar-refractivity contribution >= 4 is 58.4 Å². The fraction of sp³-hybridized carbons (Fsp3) is 0.624. The van der Waals surface area contributed by atoms with Crippen LogP contribution in [0, 0.1) is 23.6 Å². The highest BCUT2D eigenvalue weighted by Gasteiger charge is 2.41. The number of ether oxygens (including phenoxy) is 12. The van der Waals surface area contributed by atoms with E-state index in [9.17, 15) is 42.7 Å². The van der Waals surface area contributed by atoms with Crippen molar-refractivity contribution in [3.8, 4) is 0 Å². The Hall–Kier alpha value is -7.10. The molecule has 3 fully saturated rings. The maximum absolute atomic E-state index is 12.6. The minimum absolute atomic E-state index is 0.0428. The highest BCUT2D eigenvalue weighted by molar-refractivity contribution is 6.67. The molecule has 3 aliphatic rings. The minimum atomic E-state index is -0.790. The normalized spacial score (nSPS) is 19.8. The third kappa shape index (κ3) is 42.5. The Bertz CT molecular complexity index is 3280. The number of benzene rings is 4. The zero-order valence-corrected chi connectivity index (χ0v) is 69.7. The molecule has 4 N–H and O–H groups in total. The molecule has 7 rings (SSSR count). The summed E-state index contributed by atoms with van der Waals surface area (Å²) in [6.45, 7) is 41.5. The van der Waals surface area contributed by atoms with Crippen LogP contribution in [0.2, 0.25) is 0 Å². The van der Waals surface area contributed by atoms with Gasteiger partial charge in [-0.25, -0.2) is 9.18 Å². The lowest BCUT2D eigenvalue weighted by Gasteiger charge is -2.41. The van der Waals surface area contributed by atoms with Crippen LogP contribution in [0.15, 0.2) is 115 Å². The molecule has 0 saturated carbocycles. The van der Waals surface area contributed by atoms with Crippen LogP contribution < -0.4 is 16.4 Å². The first-order valence-electron chi connectivity index (χ1n) is 38.1. The molecule has 25 heteroatoms. The van der Waals surface area contributed by atoms with Gasteiger partial charge in [0.25, 0.3) is 5.24 Å². The van der Waals surface area contributed by atoms with Crippen LogP contribution in [-0.4, -0.2) is 149 Å². The van der Waals surface area contributed by atoms with E-state index in [4.69, 9.17) is 74.2 Å². The van der Waals surface area contributed by atoms with E-state index in [-0.39, 0.29) is 129 Å². The van der Waals surface area contributed by atoms with E-state index >= 15 is 0 Å². The molecule has 0 radical (unpaired) electrons. The number of nitrogens with one attached hydrogen (secondary N) is 2. The third-order valence-electron chi connectivity index (χ3n) is 16.2. The maximum atomic E-state index is 12.6. The largest absolute Gasteiger partial charge is 0.460 e. The summed E-state index contributed by atoms with van der Waals surface area (Å²) >= 11 is 5.09. The monoisotopic (exact) mass is 1560 g/mol. The molecule has 3 saturated heterocycles. The van der Waals surface area contributed by atoms with Crippen molar-refractivity contribution in [1.29, 1.82) is 0 Å². The number of Topliss-reactive ketones (excluding diaryl/α,β-unsaturated/α-hetero) is 1. The topological polar surface area (TPSA) is 297 Å². The van der Waals surface area contributed by atoms with Gasteiger partial charge in [-0.3, -0.25) is 33.6 Å². The average Bonchev–Trinajstić information content (AvgIpc) is 0.839. The quantitative estimate of drug-likeness (QED) is 0.0197. The molecule has 2 unspecified atom stereocenters. The molecule has 23 nitrogen and oxygen atoms in total. The molecular formula is C85H127ClFN3O20. The second-order valence-corrected chi connectivity index (χ2v) is 33.1. The van der Waals surface area contributed by atoms with Gasteiger partial charge in [0.1, 0.15) is 54.5 Å². The first-order valence-corrected chi connectivity index (χ1v) is 38.5. The van der Waals surface area contributed by atoms with Gasteiger partial charge in [-0.2, -0.15) is 0 Å². The number of halogens is 2. The predicted molar refractivity (Wildman–Crippen MR) is 418 cm³/mol. The second kappa shape index (κ2) is 46.8. The van der Waals surface area contributed by atoms with Crippen LogP contribution in [0.25, 0.3) is 0 Å². The standard InChI is InChI=1S/2C26H41NO6.C14H27NO4.C12H14O3.C7H4ClFO/c2*1-18(2)23(24(29)30-17-19-11-9-8-10-12-19)27-14-13-20-15-21(32-26(6,7)31-20)16-22(28)33-25(3,4)5;1-13(2,3)19-12(16)9-11-8-10(6-7-15)17-14(4,5)18-11;1-9(2)11(13)12(14)15-8-10-6-4-3-5-7-10;8-7(10)5-1-3-6(9)4-2-5/h2*8-12,18,20-21,23,27H,13-17H2,1-7H3;10-11H,6-9,15H2,1-5H3;3-7,9H,8H2,1-2H3;1-4H/t2*20-,21-,23?;10-,11-;;/m111../s1. The number of carbonyl (C=O) groups is 8. The molecule has 4 aromatic carbocycles. The zero-order chi connectivity index (χ0) is 82.8. The molecule has 616 valence electrons. The van der Waals surface area contributed by atoms with Gasteiger partial charge in [-0.1, -0.05) is 133 Å². The lowest BCUT2D eigenvalue weighted by Crippen LogP contribution is -2.48. The van der Waals surface area contributed by atoms with E-state index in [1.54, 1.807) is 13.8 Å². The zero-order valence-electron chi connectivity index (χ0n) is 68.9. The summed E-state index contributed by atoms with van der Waals surface area (Å²) in [6, 6.07) is 32.8. The summed E-state index contributed by atoms with van der Waals surface area (Å²) in [7, 11) is 0. The van der Waals surface area contributed by atoms with E-state index in [2.05, 4.69) is 10.6 Å². The first-order chi connectivity index (χ1) is 51.1. The Balaban J connectivity index is 0.000000378. The Labute approximate surface area is 657 Å². The Morgan fingerprint density at radius 2 is 0.745 bits per heavy atom. The molecule has 110 heavy (non-hydrogen) atoms. The van der Waals surface area contributed by atoms with Crippen LogP contribution in [0.3, 0.4) is 0 Å². The summed E-state index contributed by atoms with van der Waals surface area (Å²) in [5, 5.41) is 6.09. The van der Waals surface area contributed by atoms with E-state index in [1.165, 1.54) is 24.3 Å². The van der Waals surface area contributed by atoms with Gasteiger partial charge in [-0.05, 0) is 207 Å². The van der Waals surface area contributed by atoms with Crippen LogP contribution in [0.4, 0.5) is 4.39 Å². The highest BCUT2D eigenvalue weighted by atomic mass is 35.5. The van der Waals surface area contributed by atoms with Crippen LogP contribution in [0.5, 0.6) is 0 Å². The summed E-state index contributed by atoms with van der Waals surface area (Å²) in [4.78, 5) is 94.4. The van der Waals surface area contributed by atoms with Crippen molar-refractivity contribution in [3.05, 3.63) is 143 Å². The van der Waals surface area contributed by atoms with Gasteiger partial charge < -0.3 is 73.2 Å². The Morgan fingerprint density at radius 1 is 0.455 bits per heavy atom. The van der Waals surface area contributed by atoms with Gasteiger partial charge in [0, 0.05) is 30.7 Å². The molecule has 4 aromatic rings. The number of hydrogen-bond acceptors (Lipinski definition) is 23. The van der Waals surface area contributed by atoms with E-state index < -0.39 is 63.2 Å². The number of rotatable bonds is 29. The van der Waals surface area contributed by atoms with Crippen molar-refractivity contribution in [3.63, 3.8) is 0 Å². The van der Waals surface area contributed by atoms with Crippen molar-refractivity contribution in [1.82, 2.24) is 10.6 Å². The predicted octanol–water partition coefficient (Wildman–Crippen LogP) is 14.9. The molecule has 0 spiro atoms. The van der Waals surface area contributed by atoms with Crippen molar-refractivity contribution in [2.24, 2.45) is 23.5 Å². The van der Waals surface area contributed by atoms with Gasteiger partial charge in [0.05, 0.1) is 55.9 Å². The van der Waals surface area contributed by atoms with E-state index in [1.807, 2.05) is 223 Å². The molecule has 3 heterocycles. The average molecular weight is 1570 g/mol. The third-order valence-corrected chi connectivity index (χ3v) is 16.4. The number of nitrogens with two attached hydrogens (primary N) is 1. The molecular weight excluding hydrogens is 1440 g/mol. The molecule has 3 aliphatic heterocycles. The summed E-state index contributed by atoms with van der Waals surface area (Å²) in [5.41, 5.74) is 7.16. The fourth-order valence-corrected chi connectivity index (χ4v) is 11.8.